The molecule has 2 N–H and O–H groups in total. The molecule has 0 aliphatic rings. The molecule has 0 bridgehead atoms. The number of carbonyl (C=O) groups is 2. The Hall–Kier alpha value is -2.34. The summed E-state index contributed by atoms with van der Waals surface area (Å²) in [6.45, 7) is 0. The fourth-order valence-electron chi connectivity index (χ4n) is 1.43. The van der Waals surface area contributed by atoms with Gasteiger partial charge in [-0.1, -0.05) is 24.3 Å². The summed E-state index contributed by atoms with van der Waals surface area (Å²) in [4.78, 5) is 25.4. The van der Waals surface area contributed by atoms with E-state index in [2.05, 4.69) is 10.9 Å². The van der Waals surface area contributed by atoms with Crippen LogP contribution in [0.25, 0.3) is 0 Å². The minimum absolute atomic E-state index is 0.329. The Morgan fingerprint density at radius 2 is 1.79 bits per heavy atom. The van der Waals surface area contributed by atoms with Gasteiger partial charge in [0.2, 0.25) is 0 Å². The predicted octanol–water partition coefficient (Wildman–Crippen LogP) is 2.24. The van der Waals surface area contributed by atoms with Crippen LogP contribution in [0.3, 0.4) is 0 Å². The van der Waals surface area contributed by atoms with E-state index in [1.165, 1.54) is 16.2 Å². The van der Waals surface area contributed by atoms with Crippen molar-refractivity contribution < 1.29 is 9.59 Å². The average Bonchev–Trinajstić information content (AvgIpc) is 2.98. The van der Waals surface area contributed by atoms with Gasteiger partial charge in [0, 0.05) is 12.7 Å². The van der Waals surface area contributed by atoms with Gasteiger partial charge in [0.05, 0.1) is 4.88 Å². The Morgan fingerprint density at radius 3 is 2.42 bits per heavy atom. The number of amides is 3. The average molecular weight is 275 g/mol. The van der Waals surface area contributed by atoms with Gasteiger partial charge in [0.15, 0.2) is 0 Å². The van der Waals surface area contributed by atoms with Crippen LogP contribution in [0.4, 0.5) is 10.5 Å². The first-order valence-corrected chi connectivity index (χ1v) is 6.49. The Kier molecular flexibility index (Phi) is 4.15. The Balaban J connectivity index is 1.90. The van der Waals surface area contributed by atoms with E-state index in [1.807, 2.05) is 18.2 Å². The van der Waals surface area contributed by atoms with Crippen molar-refractivity contribution in [1.82, 2.24) is 10.9 Å². The largest absolute Gasteiger partial charge is 0.340 e. The van der Waals surface area contributed by atoms with Gasteiger partial charge < -0.3 is 0 Å². The second-order valence-electron chi connectivity index (χ2n) is 3.76. The van der Waals surface area contributed by atoms with Crippen LogP contribution in [0, 0.1) is 0 Å². The molecule has 2 aromatic rings. The number of anilines is 1. The molecule has 5 nitrogen and oxygen atoms in total. The van der Waals surface area contributed by atoms with Crippen LogP contribution in [0.1, 0.15) is 9.67 Å². The molecule has 0 radical (unpaired) electrons. The van der Waals surface area contributed by atoms with Gasteiger partial charge in [0.25, 0.3) is 5.91 Å². The van der Waals surface area contributed by atoms with Crippen molar-refractivity contribution in [2.75, 3.05) is 11.9 Å². The van der Waals surface area contributed by atoms with Gasteiger partial charge in [-0.05, 0) is 23.6 Å². The number of nitrogens with one attached hydrogen (secondary N) is 2. The highest BCUT2D eigenvalue weighted by Crippen LogP contribution is 2.10. The summed E-state index contributed by atoms with van der Waals surface area (Å²) >= 11 is 1.31. The summed E-state index contributed by atoms with van der Waals surface area (Å²) in [5.41, 5.74) is 5.47. The highest BCUT2D eigenvalue weighted by molar-refractivity contribution is 7.12. The number of benzene rings is 1. The van der Waals surface area contributed by atoms with E-state index in [1.54, 1.807) is 36.7 Å². The van der Waals surface area contributed by atoms with Crippen LogP contribution in [0.2, 0.25) is 0 Å². The lowest BCUT2D eigenvalue weighted by Gasteiger charge is -2.17. The molecule has 1 heterocycles. The maximum Gasteiger partial charge on any atom is 0.340 e. The Bertz CT molecular complexity index is 555. The number of thiophene rings is 1. The van der Waals surface area contributed by atoms with Crippen molar-refractivity contribution in [2.45, 2.75) is 0 Å². The molecule has 0 fully saturated rings. The number of hydrogen-bond acceptors (Lipinski definition) is 3. The number of hydrogen-bond donors (Lipinski definition) is 2. The fraction of sp³-hybridized carbons (Fsp3) is 0.0769. The fourth-order valence-corrected chi connectivity index (χ4v) is 2.05. The first kappa shape index (κ1) is 13.1. The molecule has 0 aliphatic carbocycles. The third-order valence-electron chi connectivity index (χ3n) is 2.48. The van der Waals surface area contributed by atoms with E-state index in [-0.39, 0.29) is 5.91 Å². The maximum atomic E-state index is 11.8. The Labute approximate surface area is 114 Å². The highest BCUT2D eigenvalue weighted by atomic mass is 32.1. The molecular formula is C13H13N3O2S. The van der Waals surface area contributed by atoms with E-state index in [0.717, 1.165) is 5.69 Å². The topological polar surface area (TPSA) is 61.4 Å². The third kappa shape index (κ3) is 3.32. The molecule has 0 saturated heterocycles. The minimum atomic E-state index is -0.406. The van der Waals surface area contributed by atoms with Crippen LogP contribution < -0.4 is 15.8 Å². The van der Waals surface area contributed by atoms with Crippen molar-refractivity contribution in [3.05, 3.63) is 52.7 Å². The van der Waals surface area contributed by atoms with Gasteiger partial charge in [-0.3, -0.25) is 15.1 Å². The molecular weight excluding hydrogens is 262 g/mol. The summed E-state index contributed by atoms with van der Waals surface area (Å²) in [5, 5.41) is 1.80. The summed E-state index contributed by atoms with van der Waals surface area (Å²) < 4.78 is 0. The minimum Gasteiger partial charge on any atom is -0.296 e. The molecule has 0 saturated carbocycles. The zero-order valence-corrected chi connectivity index (χ0v) is 11.1. The molecule has 0 unspecified atom stereocenters. The van der Waals surface area contributed by atoms with Crippen LogP contribution >= 0.6 is 11.3 Å². The highest BCUT2D eigenvalue weighted by Gasteiger charge is 2.12. The molecule has 0 spiro atoms. The number of rotatable bonds is 2. The Morgan fingerprint density at radius 1 is 1.05 bits per heavy atom. The zero-order valence-electron chi connectivity index (χ0n) is 10.3. The quantitative estimate of drug-likeness (QED) is 0.826. The molecule has 1 aromatic carbocycles. The van der Waals surface area contributed by atoms with E-state index in [4.69, 9.17) is 0 Å². The lowest BCUT2D eigenvalue weighted by Crippen LogP contribution is -2.47. The van der Waals surface area contributed by atoms with Crippen molar-refractivity contribution in [1.29, 1.82) is 0 Å². The number of para-hydroxylation sites is 1. The number of nitrogens with zero attached hydrogens (tertiary/aromatic N) is 1. The second kappa shape index (κ2) is 6.01. The molecule has 2 rings (SSSR count). The van der Waals surface area contributed by atoms with Gasteiger partial charge in [-0.2, -0.15) is 0 Å². The van der Waals surface area contributed by atoms with E-state index >= 15 is 0 Å². The maximum absolute atomic E-state index is 11.8. The van der Waals surface area contributed by atoms with E-state index in [9.17, 15) is 9.59 Å². The first-order chi connectivity index (χ1) is 9.18. The molecule has 19 heavy (non-hydrogen) atoms. The van der Waals surface area contributed by atoms with E-state index in [0.29, 0.717) is 4.88 Å². The third-order valence-corrected chi connectivity index (χ3v) is 3.34. The molecule has 6 heteroatoms. The lowest BCUT2D eigenvalue weighted by molar-refractivity contribution is 0.0941. The molecule has 98 valence electrons. The lowest BCUT2D eigenvalue weighted by atomic mass is 10.3. The number of urea groups is 1. The number of carbonyl (C=O) groups excluding carboxylic acids is 2. The standard InChI is InChI=1S/C13H13N3O2S/c1-16(10-6-3-2-4-7-10)13(18)15-14-12(17)11-8-5-9-19-11/h2-9H,1H3,(H,14,17)(H,15,18). The second-order valence-corrected chi connectivity index (χ2v) is 4.70. The SMILES string of the molecule is CN(C(=O)NNC(=O)c1cccs1)c1ccccc1. The smallest absolute Gasteiger partial charge is 0.296 e. The normalized spacial score (nSPS) is 9.74. The van der Waals surface area contributed by atoms with Crippen molar-refractivity contribution in [2.24, 2.45) is 0 Å². The van der Waals surface area contributed by atoms with Crippen LogP contribution in [-0.2, 0) is 0 Å². The van der Waals surface area contributed by atoms with Gasteiger partial charge >= 0.3 is 6.03 Å². The van der Waals surface area contributed by atoms with E-state index < -0.39 is 6.03 Å². The zero-order chi connectivity index (χ0) is 13.7. The van der Waals surface area contributed by atoms with Crippen LogP contribution in [-0.4, -0.2) is 19.0 Å². The molecule has 1 aromatic heterocycles. The molecule has 0 atom stereocenters. The number of hydrazine groups is 1. The van der Waals surface area contributed by atoms with Crippen molar-refractivity contribution in [3.8, 4) is 0 Å². The summed E-state index contributed by atoms with van der Waals surface area (Å²) in [6.07, 6.45) is 0. The summed E-state index contributed by atoms with van der Waals surface area (Å²) in [5.74, 6) is -0.329. The van der Waals surface area contributed by atoms with Gasteiger partial charge in [0.1, 0.15) is 0 Å². The van der Waals surface area contributed by atoms with Gasteiger partial charge in [-0.25, -0.2) is 10.2 Å². The first-order valence-electron chi connectivity index (χ1n) is 5.61. The van der Waals surface area contributed by atoms with Crippen LogP contribution in [0.5, 0.6) is 0 Å². The van der Waals surface area contributed by atoms with Crippen LogP contribution in [0.15, 0.2) is 47.8 Å². The monoisotopic (exact) mass is 275 g/mol. The predicted molar refractivity (Wildman–Crippen MR) is 75.2 cm³/mol. The van der Waals surface area contributed by atoms with Crippen molar-refractivity contribution >= 4 is 29.0 Å². The molecule has 0 aliphatic heterocycles. The van der Waals surface area contributed by atoms with Crippen molar-refractivity contribution in [3.63, 3.8) is 0 Å². The summed E-state index contributed by atoms with van der Waals surface area (Å²) in [6, 6.07) is 12.2. The molecule has 3 amide bonds. The van der Waals surface area contributed by atoms with Gasteiger partial charge in [-0.15, -0.1) is 11.3 Å². The summed E-state index contributed by atoms with van der Waals surface area (Å²) in [7, 11) is 1.63.